The molecule has 3 heteroatoms. The van der Waals surface area contributed by atoms with Crippen molar-refractivity contribution in [3.8, 4) is 11.8 Å². The summed E-state index contributed by atoms with van der Waals surface area (Å²) >= 11 is 2.40. The molecular formula is C33H46INO. The van der Waals surface area contributed by atoms with Gasteiger partial charge in [-0.25, -0.2) is 0 Å². The molecule has 0 fully saturated rings. The van der Waals surface area contributed by atoms with Crippen molar-refractivity contribution in [2.24, 2.45) is 0 Å². The Kier molecular flexibility index (Phi) is 12.1. The lowest BCUT2D eigenvalue weighted by Gasteiger charge is -2.08. The largest absolute Gasteiger partial charge is 0.378 e. The Morgan fingerprint density at radius 1 is 0.722 bits per heavy atom. The third kappa shape index (κ3) is 9.42. The van der Waals surface area contributed by atoms with Gasteiger partial charge in [-0.1, -0.05) is 102 Å². The van der Waals surface area contributed by atoms with Gasteiger partial charge in [0, 0.05) is 37.5 Å². The van der Waals surface area contributed by atoms with E-state index in [1.54, 1.807) is 13.8 Å². The van der Waals surface area contributed by atoms with Crippen LogP contribution < -0.4 is 0 Å². The third-order valence-electron chi connectivity index (χ3n) is 7.07. The molecule has 3 aromatic rings. The van der Waals surface area contributed by atoms with Crippen LogP contribution in [0.25, 0.3) is 21.8 Å². The van der Waals surface area contributed by atoms with Crippen LogP contribution in [-0.2, 0) is 6.54 Å². The standard InChI is InChI=1S/C33H46INO/c1-4-5-6-7-8-9-10-11-12-13-14-15-16-17-24-35-31-20-18-27(22-23-33(2,3)36)25-29(31)30-26-28(34)19-21-32(30)35/h18-21,25-26,36H,4-17,24H2,1-3H3. The summed E-state index contributed by atoms with van der Waals surface area (Å²) in [7, 11) is 0. The number of benzene rings is 2. The molecule has 0 amide bonds. The maximum Gasteiger partial charge on any atom is 0.120 e. The molecule has 2 nitrogen and oxygen atoms in total. The molecule has 0 radical (unpaired) electrons. The molecule has 0 bridgehead atoms. The Morgan fingerprint density at radius 2 is 1.22 bits per heavy atom. The predicted octanol–water partition coefficient (Wildman–Crippen LogP) is 10.0. The van der Waals surface area contributed by atoms with Crippen molar-refractivity contribution in [3.05, 3.63) is 45.5 Å². The van der Waals surface area contributed by atoms with Gasteiger partial charge in [-0.05, 0) is 79.3 Å². The summed E-state index contributed by atoms with van der Waals surface area (Å²) in [6.07, 6.45) is 19.5. The molecule has 0 unspecified atom stereocenters. The summed E-state index contributed by atoms with van der Waals surface area (Å²) in [5, 5.41) is 12.5. The van der Waals surface area contributed by atoms with E-state index in [0.29, 0.717) is 0 Å². The number of aromatic nitrogens is 1. The van der Waals surface area contributed by atoms with E-state index in [2.05, 4.69) is 82.3 Å². The van der Waals surface area contributed by atoms with Gasteiger partial charge in [0.25, 0.3) is 0 Å². The zero-order valence-corrected chi connectivity index (χ0v) is 25.0. The van der Waals surface area contributed by atoms with Crippen LogP contribution in [0, 0.1) is 15.4 Å². The first-order valence-electron chi connectivity index (χ1n) is 14.4. The summed E-state index contributed by atoms with van der Waals surface area (Å²) in [5.74, 6) is 6.10. The Morgan fingerprint density at radius 3 is 1.78 bits per heavy atom. The Bertz CT molecular complexity index is 1140. The van der Waals surface area contributed by atoms with Gasteiger partial charge in [-0.15, -0.1) is 0 Å². The highest BCUT2D eigenvalue weighted by molar-refractivity contribution is 14.1. The maximum atomic E-state index is 9.98. The molecule has 0 atom stereocenters. The van der Waals surface area contributed by atoms with Gasteiger partial charge >= 0.3 is 0 Å². The summed E-state index contributed by atoms with van der Waals surface area (Å²) < 4.78 is 3.75. The lowest BCUT2D eigenvalue weighted by Crippen LogP contribution is -2.14. The van der Waals surface area contributed by atoms with Crippen molar-refractivity contribution >= 4 is 44.4 Å². The predicted molar refractivity (Wildman–Crippen MR) is 166 cm³/mol. The second-order valence-corrected chi connectivity index (χ2v) is 12.2. The van der Waals surface area contributed by atoms with Crippen LogP contribution in [0.4, 0.5) is 0 Å². The minimum atomic E-state index is -0.980. The van der Waals surface area contributed by atoms with Crippen molar-refractivity contribution in [1.29, 1.82) is 0 Å². The number of nitrogens with zero attached hydrogens (tertiary/aromatic N) is 1. The summed E-state index contributed by atoms with van der Waals surface area (Å²) in [6, 6.07) is 13.2. The van der Waals surface area contributed by atoms with E-state index in [1.165, 1.54) is 115 Å². The van der Waals surface area contributed by atoms with Crippen LogP contribution in [0.5, 0.6) is 0 Å². The average molecular weight is 600 g/mol. The van der Waals surface area contributed by atoms with E-state index < -0.39 is 5.60 Å². The van der Waals surface area contributed by atoms with Crippen molar-refractivity contribution in [2.75, 3.05) is 0 Å². The van der Waals surface area contributed by atoms with E-state index in [0.717, 1.165) is 12.1 Å². The second kappa shape index (κ2) is 15.0. The first-order chi connectivity index (χ1) is 17.4. The first kappa shape index (κ1) is 29.1. The van der Waals surface area contributed by atoms with Crippen LogP contribution in [-0.4, -0.2) is 15.3 Å². The van der Waals surface area contributed by atoms with Crippen molar-refractivity contribution in [2.45, 2.75) is 123 Å². The molecule has 3 rings (SSSR count). The Balaban J connectivity index is 1.47. The number of hydrogen-bond acceptors (Lipinski definition) is 1. The minimum absolute atomic E-state index is 0.957. The van der Waals surface area contributed by atoms with E-state index >= 15 is 0 Å². The van der Waals surface area contributed by atoms with Gasteiger partial charge < -0.3 is 9.67 Å². The molecule has 0 aliphatic rings. The third-order valence-corrected chi connectivity index (χ3v) is 7.75. The fourth-order valence-corrected chi connectivity index (χ4v) is 5.58. The zero-order chi connectivity index (χ0) is 25.8. The number of unbranched alkanes of at least 4 members (excludes halogenated alkanes) is 13. The molecular weight excluding hydrogens is 553 g/mol. The molecule has 0 spiro atoms. The molecule has 0 saturated carbocycles. The molecule has 36 heavy (non-hydrogen) atoms. The van der Waals surface area contributed by atoms with E-state index in [9.17, 15) is 5.11 Å². The number of rotatable bonds is 15. The number of hydrogen-bond donors (Lipinski definition) is 1. The lowest BCUT2D eigenvalue weighted by molar-refractivity contribution is 0.143. The van der Waals surface area contributed by atoms with Gasteiger partial charge in [-0.2, -0.15) is 0 Å². The van der Waals surface area contributed by atoms with Crippen LogP contribution in [0.3, 0.4) is 0 Å². The number of aliphatic hydroxyl groups is 1. The highest BCUT2D eigenvalue weighted by Crippen LogP contribution is 2.31. The van der Waals surface area contributed by atoms with Gasteiger partial charge in [-0.3, -0.25) is 0 Å². The quantitative estimate of drug-likeness (QED) is 0.105. The van der Waals surface area contributed by atoms with Crippen LogP contribution >= 0.6 is 22.6 Å². The monoisotopic (exact) mass is 599 g/mol. The topological polar surface area (TPSA) is 25.2 Å². The first-order valence-corrected chi connectivity index (χ1v) is 15.4. The van der Waals surface area contributed by atoms with Crippen LogP contribution in [0.1, 0.15) is 116 Å². The molecule has 0 aliphatic carbocycles. The molecule has 0 saturated heterocycles. The Hall–Kier alpha value is -1.51. The Labute approximate surface area is 233 Å². The molecule has 1 heterocycles. The summed E-state index contributed by atoms with van der Waals surface area (Å²) in [6.45, 7) is 6.80. The molecule has 0 aliphatic heterocycles. The molecule has 1 aromatic heterocycles. The molecule has 1 N–H and O–H groups in total. The van der Waals surface area contributed by atoms with E-state index in [4.69, 9.17) is 0 Å². The van der Waals surface area contributed by atoms with Gasteiger partial charge in [0.2, 0.25) is 0 Å². The normalized spacial score (nSPS) is 11.8. The van der Waals surface area contributed by atoms with Crippen LogP contribution in [0.15, 0.2) is 36.4 Å². The molecule has 2 aromatic carbocycles. The summed E-state index contributed by atoms with van der Waals surface area (Å²) in [4.78, 5) is 0. The van der Waals surface area contributed by atoms with Crippen molar-refractivity contribution in [1.82, 2.24) is 4.57 Å². The number of fused-ring (bicyclic) bond motifs is 3. The average Bonchev–Trinajstić information content (AvgIpc) is 3.14. The fraction of sp³-hybridized carbons (Fsp3) is 0.576. The van der Waals surface area contributed by atoms with E-state index in [1.807, 2.05) is 0 Å². The SMILES string of the molecule is CCCCCCCCCCCCCCCCn1c2ccc(I)cc2c2cc(C#CC(C)(C)O)ccc21. The smallest absolute Gasteiger partial charge is 0.120 e. The second-order valence-electron chi connectivity index (χ2n) is 11.0. The van der Waals surface area contributed by atoms with Gasteiger partial charge in [0.05, 0.1) is 0 Å². The highest BCUT2D eigenvalue weighted by atomic mass is 127. The van der Waals surface area contributed by atoms with Gasteiger partial charge in [0.15, 0.2) is 0 Å². The lowest BCUT2D eigenvalue weighted by atomic mass is 10.0. The number of halogens is 1. The van der Waals surface area contributed by atoms with Crippen molar-refractivity contribution in [3.63, 3.8) is 0 Å². The molecule has 196 valence electrons. The number of aryl methyl sites for hydroxylation is 1. The minimum Gasteiger partial charge on any atom is -0.378 e. The van der Waals surface area contributed by atoms with E-state index in [-0.39, 0.29) is 0 Å². The van der Waals surface area contributed by atoms with Crippen molar-refractivity contribution < 1.29 is 5.11 Å². The van der Waals surface area contributed by atoms with Gasteiger partial charge in [0.1, 0.15) is 5.60 Å². The van der Waals surface area contributed by atoms with Crippen LogP contribution in [0.2, 0.25) is 0 Å². The zero-order valence-electron chi connectivity index (χ0n) is 22.8. The fourth-order valence-electron chi connectivity index (χ4n) is 5.08. The summed E-state index contributed by atoms with van der Waals surface area (Å²) in [5.41, 5.74) is 2.58. The highest BCUT2D eigenvalue weighted by Gasteiger charge is 2.12. The maximum absolute atomic E-state index is 9.98.